The van der Waals surface area contributed by atoms with Gasteiger partial charge in [0.15, 0.2) is 0 Å². The Balaban J connectivity index is 2.13. The summed E-state index contributed by atoms with van der Waals surface area (Å²) >= 11 is 0. The highest BCUT2D eigenvalue weighted by Gasteiger charge is 2.17. The van der Waals surface area contributed by atoms with E-state index in [4.69, 9.17) is 9.83 Å². The highest BCUT2D eigenvalue weighted by molar-refractivity contribution is 6.09. The molecular weight excluding hydrogens is 330 g/mol. The first-order valence-corrected chi connectivity index (χ1v) is 7.78. The summed E-state index contributed by atoms with van der Waals surface area (Å²) in [5.41, 5.74) is 1.51. The van der Waals surface area contributed by atoms with Gasteiger partial charge in [-0.15, -0.1) is 0 Å². The second-order valence-corrected chi connectivity index (χ2v) is 5.76. The summed E-state index contributed by atoms with van der Waals surface area (Å²) in [6, 6.07) is 19.4. The largest absolute Gasteiger partial charge is 0.437 e. The molecule has 6 nitrogen and oxygen atoms in total. The number of nitriles is 1. The molecule has 0 unspecified atom stereocenters. The smallest absolute Gasteiger partial charge is 0.269 e. The van der Waals surface area contributed by atoms with E-state index in [-0.39, 0.29) is 16.8 Å². The van der Waals surface area contributed by atoms with Gasteiger partial charge in [0.2, 0.25) is 5.55 Å². The molecule has 3 aromatic carbocycles. The third-order valence-corrected chi connectivity index (χ3v) is 4.31. The zero-order valence-electron chi connectivity index (χ0n) is 13.4. The molecule has 124 valence electrons. The number of non-ortho nitro benzene ring substituents is 1. The van der Waals surface area contributed by atoms with Gasteiger partial charge >= 0.3 is 0 Å². The van der Waals surface area contributed by atoms with E-state index in [0.717, 1.165) is 10.8 Å². The van der Waals surface area contributed by atoms with E-state index in [0.29, 0.717) is 22.1 Å². The zero-order chi connectivity index (χ0) is 18.3. The lowest BCUT2D eigenvalue weighted by molar-refractivity contribution is -0.384. The third-order valence-electron chi connectivity index (χ3n) is 4.31. The minimum Gasteiger partial charge on any atom is -0.437 e. The van der Waals surface area contributed by atoms with Crippen molar-refractivity contribution >= 4 is 27.4 Å². The van der Waals surface area contributed by atoms with Gasteiger partial charge < -0.3 is 4.42 Å². The minimum atomic E-state index is -0.475. The van der Waals surface area contributed by atoms with Crippen LogP contribution in [0.15, 0.2) is 65.1 Å². The SMILES string of the molecule is N#Cc1c(-c2ccc([N+](=O)[O-])cc2)c2ccc3ccccc3c2oc1=N. The Labute approximate surface area is 147 Å². The van der Waals surface area contributed by atoms with Crippen LogP contribution in [0, 0.1) is 26.9 Å². The lowest BCUT2D eigenvalue weighted by Crippen LogP contribution is -2.07. The first kappa shape index (κ1) is 15.5. The van der Waals surface area contributed by atoms with E-state index >= 15 is 0 Å². The Bertz CT molecular complexity index is 1280. The standard InChI is InChI=1S/C20H11N3O3/c21-11-17-18(13-5-8-14(9-6-13)23(24)25)16-10-7-12-3-1-2-4-15(12)19(16)26-20(17)22/h1-10,22H. The van der Waals surface area contributed by atoms with Gasteiger partial charge in [-0.25, -0.2) is 0 Å². The number of fused-ring (bicyclic) bond motifs is 3. The van der Waals surface area contributed by atoms with Gasteiger partial charge in [0.25, 0.3) is 5.69 Å². The molecule has 0 amide bonds. The second-order valence-electron chi connectivity index (χ2n) is 5.76. The van der Waals surface area contributed by atoms with E-state index in [9.17, 15) is 15.4 Å². The zero-order valence-corrected chi connectivity index (χ0v) is 13.4. The van der Waals surface area contributed by atoms with Crippen molar-refractivity contribution in [2.24, 2.45) is 0 Å². The maximum absolute atomic E-state index is 10.9. The molecule has 1 heterocycles. The van der Waals surface area contributed by atoms with Crippen LogP contribution in [0.2, 0.25) is 0 Å². The van der Waals surface area contributed by atoms with Gasteiger partial charge in [-0.2, -0.15) is 5.26 Å². The van der Waals surface area contributed by atoms with Gasteiger partial charge in [0.05, 0.1) is 4.92 Å². The summed E-state index contributed by atoms with van der Waals surface area (Å²) in [5.74, 6) is 0. The number of nitro groups is 1. The molecule has 0 spiro atoms. The summed E-state index contributed by atoms with van der Waals surface area (Å²) in [6.45, 7) is 0. The van der Waals surface area contributed by atoms with Crippen LogP contribution in [0.3, 0.4) is 0 Å². The van der Waals surface area contributed by atoms with E-state index in [1.165, 1.54) is 12.1 Å². The van der Waals surface area contributed by atoms with E-state index < -0.39 is 4.92 Å². The number of nitro benzene ring substituents is 1. The molecule has 1 N–H and O–H groups in total. The predicted molar refractivity (Wildman–Crippen MR) is 96.4 cm³/mol. The number of hydrogen-bond acceptors (Lipinski definition) is 5. The summed E-state index contributed by atoms with van der Waals surface area (Å²) in [7, 11) is 0. The van der Waals surface area contributed by atoms with Crippen molar-refractivity contribution in [1.29, 1.82) is 10.7 Å². The minimum absolute atomic E-state index is 0.0336. The van der Waals surface area contributed by atoms with Crippen LogP contribution < -0.4 is 5.55 Å². The first-order valence-electron chi connectivity index (χ1n) is 7.78. The highest BCUT2D eigenvalue weighted by atomic mass is 16.6. The Morgan fingerprint density at radius 3 is 2.42 bits per heavy atom. The van der Waals surface area contributed by atoms with Crippen molar-refractivity contribution in [1.82, 2.24) is 0 Å². The topological polar surface area (TPSA) is 104 Å². The number of rotatable bonds is 2. The summed E-state index contributed by atoms with van der Waals surface area (Å²) in [5, 5.41) is 31.0. The molecule has 1 aromatic heterocycles. The van der Waals surface area contributed by atoms with Gasteiger partial charge in [-0.05, 0) is 29.1 Å². The predicted octanol–water partition coefficient (Wildman–Crippen LogP) is 4.51. The van der Waals surface area contributed by atoms with E-state index in [1.54, 1.807) is 12.1 Å². The fourth-order valence-corrected chi connectivity index (χ4v) is 3.11. The van der Waals surface area contributed by atoms with Crippen molar-refractivity contribution in [2.75, 3.05) is 0 Å². The number of benzene rings is 3. The molecule has 4 rings (SSSR count). The molecule has 26 heavy (non-hydrogen) atoms. The van der Waals surface area contributed by atoms with E-state index in [1.807, 2.05) is 42.5 Å². The molecule has 0 aliphatic carbocycles. The lowest BCUT2D eigenvalue weighted by Gasteiger charge is -2.10. The average molecular weight is 341 g/mol. The molecule has 0 fully saturated rings. The van der Waals surface area contributed by atoms with Crippen molar-refractivity contribution in [2.45, 2.75) is 0 Å². The third kappa shape index (κ3) is 2.31. The molecule has 0 bridgehead atoms. The Morgan fingerprint density at radius 2 is 1.73 bits per heavy atom. The van der Waals surface area contributed by atoms with Crippen LogP contribution in [0.25, 0.3) is 32.9 Å². The Hall–Kier alpha value is -3.98. The normalized spacial score (nSPS) is 10.7. The highest BCUT2D eigenvalue weighted by Crippen LogP contribution is 2.34. The van der Waals surface area contributed by atoms with Crippen molar-refractivity contribution < 1.29 is 9.34 Å². The molecule has 0 saturated heterocycles. The fourth-order valence-electron chi connectivity index (χ4n) is 3.11. The molecular formula is C20H11N3O3. The van der Waals surface area contributed by atoms with Gasteiger partial charge in [-0.1, -0.05) is 30.3 Å². The first-order chi connectivity index (χ1) is 12.6. The monoisotopic (exact) mass is 341 g/mol. The number of nitrogens with one attached hydrogen (secondary N) is 1. The molecule has 0 saturated carbocycles. The summed E-state index contributed by atoms with van der Waals surface area (Å²) in [6.07, 6.45) is 0. The van der Waals surface area contributed by atoms with Crippen LogP contribution >= 0.6 is 0 Å². The Kier molecular flexibility index (Phi) is 3.48. The molecule has 6 heteroatoms. The van der Waals surface area contributed by atoms with Gasteiger partial charge in [0, 0.05) is 28.5 Å². The van der Waals surface area contributed by atoms with Gasteiger partial charge in [0.1, 0.15) is 17.2 Å². The van der Waals surface area contributed by atoms with Crippen LogP contribution in [-0.2, 0) is 0 Å². The molecule has 0 atom stereocenters. The van der Waals surface area contributed by atoms with E-state index in [2.05, 4.69) is 0 Å². The maximum Gasteiger partial charge on any atom is 0.269 e. The molecule has 0 radical (unpaired) electrons. The number of hydrogen-bond donors (Lipinski definition) is 1. The fraction of sp³-hybridized carbons (Fsp3) is 0. The van der Waals surface area contributed by atoms with Crippen molar-refractivity contribution in [3.8, 4) is 17.2 Å². The quantitative estimate of drug-likeness (QED) is 0.329. The number of nitrogens with zero attached hydrogens (tertiary/aromatic N) is 2. The van der Waals surface area contributed by atoms with Gasteiger partial charge in [-0.3, -0.25) is 15.5 Å². The van der Waals surface area contributed by atoms with Crippen LogP contribution in [0.4, 0.5) is 5.69 Å². The van der Waals surface area contributed by atoms with Crippen molar-refractivity contribution in [3.63, 3.8) is 0 Å². The van der Waals surface area contributed by atoms with Crippen molar-refractivity contribution in [3.05, 3.63) is 81.9 Å². The van der Waals surface area contributed by atoms with Crippen LogP contribution in [0.5, 0.6) is 0 Å². The maximum atomic E-state index is 10.9. The average Bonchev–Trinajstić information content (AvgIpc) is 2.67. The Morgan fingerprint density at radius 1 is 1.00 bits per heavy atom. The molecule has 0 aliphatic rings. The molecule has 0 aliphatic heterocycles. The lowest BCUT2D eigenvalue weighted by atomic mass is 9.95. The second kappa shape index (κ2) is 5.83. The molecule has 4 aromatic rings. The summed E-state index contributed by atoms with van der Waals surface area (Å²) in [4.78, 5) is 10.4. The summed E-state index contributed by atoms with van der Waals surface area (Å²) < 4.78 is 5.66. The van der Waals surface area contributed by atoms with Crippen LogP contribution in [-0.4, -0.2) is 4.92 Å². The van der Waals surface area contributed by atoms with Crippen LogP contribution in [0.1, 0.15) is 5.56 Å².